The normalized spacial score (nSPS) is 32.7. The number of nitrogens with zero attached hydrogens (tertiary/aromatic N) is 1. The predicted molar refractivity (Wildman–Crippen MR) is 80.2 cm³/mol. The molecule has 3 aliphatic carbocycles. The lowest BCUT2D eigenvalue weighted by Gasteiger charge is -2.30. The molecule has 0 unspecified atom stereocenters. The number of anilines is 1. The minimum atomic E-state index is -1.06. The molecule has 0 saturated heterocycles. The number of hydrogen-bond donors (Lipinski definition) is 1. The molecule has 1 heterocycles. The van der Waals surface area contributed by atoms with Gasteiger partial charge < -0.3 is 15.2 Å². The summed E-state index contributed by atoms with van der Waals surface area (Å²) in [5, 5.41) is 14.9. The van der Waals surface area contributed by atoms with Crippen molar-refractivity contribution in [2.75, 3.05) is 5.32 Å². The van der Waals surface area contributed by atoms with E-state index < -0.39 is 17.8 Å². The molecule has 6 heteroatoms. The molecule has 2 bridgehead atoms. The van der Waals surface area contributed by atoms with Crippen molar-refractivity contribution in [3.63, 3.8) is 0 Å². The number of aromatic nitrogens is 1. The second-order valence-electron chi connectivity index (χ2n) is 6.79. The molecule has 4 rings (SSSR count). The minimum Gasteiger partial charge on any atom is -0.550 e. The van der Waals surface area contributed by atoms with E-state index in [9.17, 15) is 14.7 Å². The zero-order valence-corrected chi connectivity index (χ0v) is 13.2. The van der Waals surface area contributed by atoms with Gasteiger partial charge >= 0.3 is 0 Å². The number of amides is 1. The molecule has 0 spiro atoms. The Morgan fingerprint density at radius 3 is 2.59 bits per heavy atom. The van der Waals surface area contributed by atoms with Gasteiger partial charge in [-0.2, -0.15) is 0 Å². The van der Waals surface area contributed by atoms with Gasteiger partial charge in [-0.05, 0) is 56.8 Å². The first kappa shape index (κ1) is 14.2. The van der Waals surface area contributed by atoms with Crippen LogP contribution < -0.4 is 10.4 Å². The summed E-state index contributed by atoms with van der Waals surface area (Å²) in [6.45, 7) is 0. The Labute approximate surface area is 133 Å². The predicted octanol–water partition coefficient (Wildman–Crippen LogP) is 1.37. The number of aryl methyl sites for hydroxylation is 2. The lowest BCUT2D eigenvalue weighted by molar-refractivity contribution is -0.314. The fourth-order valence-electron chi connectivity index (χ4n) is 4.60. The fourth-order valence-corrected chi connectivity index (χ4v) is 5.65. The summed E-state index contributed by atoms with van der Waals surface area (Å²) in [7, 11) is 0. The minimum absolute atomic E-state index is 0.121. The van der Waals surface area contributed by atoms with Crippen LogP contribution in [-0.2, 0) is 22.4 Å². The van der Waals surface area contributed by atoms with Gasteiger partial charge in [0, 0.05) is 22.7 Å². The Hall–Kier alpha value is -1.43. The molecule has 1 aromatic rings. The van der Waals surface area contributed by atoms with Gasteiger partial charge in [0.15, 0.2) is 5.13 Å². The molecule has 0 aliphatic heterocycles. The Bertz CT molecular complexity index is 603. The molecule has 118 valence electrons. The highest BCUT2D eigenvalue weighted by molar-refractivity contribution is 7.15. The van der Waals surface area contributed by atoms with Crippen molar-refractivity contribution in [1.82, 2.24) is 4.98 Å². The molecule has 1 N–H and O–H groups in total. The highest BCUT2D eigenvalue weighted by Gasteiger charge is 2.51. The van der Waals surface area contributed by atoms with Crippen LogP contribution >= 0.6 is 11.3 Å². The zero-order valence-electron chi connectivity index (χ0n) is 12.3. The molecule has 2 saturated carbocycles. The standard InChI is InChI=1S/C16H20N2O3S/c19-14(12-8-5-6-9(7-8)13(12)15(20)21)18-16-17-10-3-1-2-4-11(10)22-16/h8-9,12-13H,1-7H2,(H,20,21)(H,17,18,19)/p-1/t8-,9+,12+,13+/m1/s1. The van der Waals surface area contributed by atoms with Gasteiger partial charge in [0.25, 0.3) is 0 Å². The quantitative estimate of drug-likeness (QED) is 0.912. The number of hydrogen-bond acceptors (Lipinski definition) is 5. The number of carbonyl (C=O) groups excluding carboxylic acids is 2. The number of aliphatic carboxylic acids is 1. The molecule has 22 heavy (non-hydrogen) atoms. The van der Waals surface area contributed by atoms with Crippen molar-refractivity contribution in [2.45, 2.75) is 44.9 Å². The summed E-state index contributed by atoms with van der Waals surface area (Å²) in [4.78, 5) is 29.8. The molecule has 3 aliphatic rings. The van der Waals surface area contributed by atoms with E-state index in [1.165, 1.54) is 11.3 Å². The third-order valence-electron chi connectivity index (χ3n) is 5.57. The van der Waals surface area contributed by atoms with Crippen LogP contribution in [0.15, 0.2) is 0 Å². The lowest BCUT2D eigenvalue weighted by Crippen LogP contribution is -2.43. The van der Waals surface area contributed by atoms with Crippen molar-refractivity contribution < 1.29 is 14.7 Å². The van der Waals surface area contributed by atoms with E-state index in [2.05, 4.69) is 10.3 Å². The third kappa shape index (κ3) is 2.24. The first-order valence-corrected chi connectivity index (χ1v) is 8.95. The van der Waals surface area contributed by atoms with Gasteiger partial charge in [-0.25, -0.2) is 4.98 Å². The highest BCUT2D eigenvalue weighted by atomic mass is 32.1. The van der Waals surface area contributed by atoms with Gasteiger partial charge in [-0.1, -0.05) is 0 Å². The third-order valence-corrected chi connectivity index (χ3v) is 6.64. The van der Waals surface area contributed by atoms with Crippen LogP contribution in [0.3, 0.4) is 0 Å². The van der Waals surface area contributed by atoms with Crippen LogP contribution in [0.1, 0.15) is 42.7 Å². The number of nitrogens with one attached hydrogen (secondary N) is 1. The Morgan fingerprint density at radius 2 is 1.86 bits per heavy atom. The second-order valence-corrected chi connectivity index (χ2v) is 7.87. The van der Waals surface area contributed by atoms with E-state index in [-0.39, 0.29) is 17.7 Å². The first-order valence-electron chi connectivity index (χ1n) is 8.14. The van der Waals surface area contributed by atoms with E-state index in [4.69, 9.17) is 0 Å². The summed E-state index contributed by atoms with van der Waals surface area (Å²) in [5.74, 6) is -1.98. The van der Waals surface area contributed by atoms with E-state index in [0.717, 1.165) is 44.2 Å². The smallest absolute Gasteiger partial charge is 0.230 e. The summed E-state index contributed by atoms with van der Waals surface area (Å²) < 4.78 is 0. The van der Waals surface area contributed by atoms with E-state index in [0.29, 0.717) is 5.13 Å². The van der Waals surface area contributed by atoms with Crippen molar-refractivity contribution in [3.8, 4) is 0 Å². The summed E-state index contributed by atoms with van der Waals surface area (Å²) in [6.07, 6.45) is 7.09. The van der Waals surface area contributed by atoms with Crippen LogP contribution in [0.5, 0.6) is 0 Å². The Kier molecular flexibility index (Phi) is 3.44. The molecule has 4 atom stereocenters. The van der Waals surface area contributed by atoms with Crippen LogP contribution in [0.4, 0.5) is 5.13 Å². The fraction of sp³-hybridized carbons (Fsp3) is 0.688. The molecule has 0 radical (unpaired) electrons. The topological polar surface area (TPSA) is 82.1 Å². The Balaban J connectivity index is 1.52. The van der Waals surface area contributed by atoms with Crippen molar-refractivity contribution in [1.29, 1.82) is 0 Å². The average Bonchev–Trinajstić information content (AvgIpc) is 3.19. The van der Waals surface area contributed by atoms with E-state index >= 15 is 0 Å². The van der Waals surface area contributed by atoms with Crippen LogP contribution in [0.25, 0.3) is 0 Å². The van der Waals surface area contributed by atoms with Gasteiger partial charge in [0.05, 0.1) is 5.69 Å². The van der Waals surface area contributed by atoms with Crippen LogP contribution in [0.2, 0.25) is 0 Å². The van der Waals surface area contributed by atoms with E-state index in [1.54, 1.807) is 11.3 Å². The first-order chi connectivity index (χ1) is 10.6. The molecule has 1 aromatic heterocycles. The summed E-state index contributed by atoms with van der Waals surface area (Å²) >= 11 is 1.55. The van der Waals surface area contributed by atoms with Crippen molar-refractivity contribution in [3.05, 3.63) is 10.6 Å². The van der Waals surface area contributed by atoms with Crippen molar-refractivity contribution >= 4 is 28.3 Å². The molecular weight excluding hydrogens is 300 g/mol. The maximum absolute atomic E-state index is 12.6. The number of thiazole rings is 1. The molecule has 2 fully saturated rings. The number of carboxylic acids is 1. The Morgan fingerprint density at radius 1 is 1.14 bits per heavy atom. The molecule has 0 aromatic carbocycles. The lowest BCUT2D eigenvalue weighted by atomic mass is 9.79. The van der Waals surface area contributed by atoms with Crippen LogP contribution in [-0.4, -0.2) is 16.9 Å². The zero-order chi connectivity index (χ0) is 15.3. The number of carbonyl (C=O) groups is 2. The maximum atomic E-state index is 12.6. The van der Waals surface area contributed by atoms with Gasteiger partial charge in [0.2, 0.25) is 5.91 Å². The molecular formula is C16H19N2O3S-. The number of carboxylic acid groups (broad SMARTS) is 1. The molecule has 5 nitrogen and oxygen atoms in total. The van der Waals surface area contributed by atoms with Crippen molar-refractivity contribution in [2.24, 2.45) is 23.7 Å². The van der Waals surface area contributed by atoms with Crippen LogP contribution in [0, 0.1) is 23.7 Å². The average molecular weight is 319 g/mol. The monoisotopic (exact) mass is 319 g/mol. The number of fused-ring (bicyclic) bond motifs is 3. The largest absolute Gasteiger partial charge is 0.550 e. The van der Waals surface area contributed by atoms with E-state index in [1.807, 2.05) is 0 Å². The van der Waals surface area contributed by atoms with Gasteiger partial charge in [-0.3, -0.25) is 4.79 Å². The second kappa shape index (κ2) is 5.33. The van der Waals surface area contributed by atoms with Gasteiger partial charge in [-0.15, -0.1) is 11.3 Å². The molecule has 1 amide bonds. The maximum Gasteiger partial charge on any atom is 0.230 e. The highest BCUT2D eigenvalue weighted by Crippen LogP contribution is 2.52. The number of rotatable bonds is 3. The summed E-state index contributed by atoms with van der Waals surface area (Å²) in [6, 6.07) is 0. The van der Waals surface area contributed by atoms with Gasteiger partial charge in [0.1, 0.15) is 0 Å². The SMILES string of the molecule is O=C([O-])[C@H]1[C@H]2CC[C@H](C2)[C@@H]1C(=O)Nc1nc2c(s1)CCCC2. The summed E-state index contributed by atoms with van der Waals surface area (Å²) in [5.41, 5.74) is 1.11.